The highest BCUT2D eigenvalue weighted by atomic mass is 16.5. The van der Waals surface area contributed by atoms with Gasteiger partial charge in [0.1, 0.15) is 6.10 Å². The fourth-order valence-electron chi connectivity index (χ4n) is 3.16. The van der Waals surface area contributed by atoms with Crippen LogP contribution in [0.3, 0.4) is 0 Å². The largest absolute Gasteiger partial charge is 0.371 e. The summed E-state index contributed by atoms with van der Waals surface area (Å²) in [6.07, 6.45) is 5.89. The monoisotopic (exact) mass is 289 g/mol. The maximum Gasteiger partial charge on any atom is 0.244 e. The van der Waals surface area contributed by atoms with Crippen LogP contribution in [-0.2, 0) is 16.6 Å². The van der Waals surface area contributed by atoms with Gasteiger partial charge in [-0.2, -0.15) is 5.10 Å². The second-order valence-corrected chi connectivity index (χ2v) is 6.06. The number of ether oxygens (including phenoxy) is 1. The van der Waals surface area contributed by atoms with Gasteiger partial charge in [0.25, 0.3) is 0 Å². The molecule has 2 atom stereocenters. The van der Waals surface area contributed by atoms with Crippen molar-refractivity contribution in [1.82, 2.24) is 15.1 Å². The highest BCUT2D eigenvalue weighted by molar-refractivity contribution is 5.88. The Morgan fingerprint density at radius 1 is 1.43 bits per heavy atom. The lowest BCUT2D eigenvalue weighted by molar-refractivity contribution is -0.117. The minimum atomic E-state index is -0.0811. The number of nitrogens with one attached hydrogen (secondary N) is 1. The summed E-state index contributed by atoms with van der Waals surface area (Å²) in [5.74, 6) is 0.0180. The highest BCUT2D eigenvalue weighted by Crippen LogP contribution is 2.33. The molecule has 1 aromatic heterocycles. The van der Waals surface area contributed by atoms with Crippen LogP contribution in [0.15, 0.2) is 11.6 Å². The number of hydrogen-bond donors (Lipinski definition) is 1. The lowest BCUT2D eigenvalue weighted by Gasteiger charge is -2.21. The molecule has 2 fully saturated rings. The van der Waals surface area contributed by atoms with Gasteiger partial charge in [0.05, 0.1) is 11.7 Å². The summed E-state index contributed by atoms with van der Waals surface area (Å²) in [7, 11) is 1.94. The molecule has 0 bridgehead atoms. The first-order chi connectivity index (χ1) is 10.1. The molecule has 0 aromatic carbocycles. The van der Waals surface area contributed by atoms with Gasteiger partial charge in [-0.15, -0.1) is 0 Å². The summed E-state index contributed by atoms with van der Waals surface area (Å²) in [6, 6.07) is 0.0380. The third kappa shape index (κ3) is 2.75. The third-order valence-electron chi connectivity index (χ3n) is 4.60. The number of aromatic nitrogens is 2. The molecule has 1 N–H and O–H groups in total. The number of hydrogen-bond acceptors (Lipinski definition) is 3. The van der Waals surface area contributed by atoms with Crippen molar-refractivity contribution in [3.05, 3.63) is 28.6 Å². The Hall–Kier alpha value is -1.62. The molecule has 2 heterocycles. The Morgan fingerprint density at radius 2 is 2.19 bits per heavy atom. The molecule has 0 spiro atoms. The Labute approximate surface area is 125 Å². The lowest BCUT2D eigenvalue weighted by atomic mass is 9.92. The van der Waals surface area contributed by atoms with Gasteiger partial charge < -0.3 is 10.1 Å². The first-order valence-corrected chi connectivity index (χ1v) is 7.68. The SMILES string of the molecule is Cc1nn(C)c(C)c1[C@H]1OCC[C@@H]1NC(=O)C=C1CCC1. The Balaban J connectivity index is 1.74. The average Bonchev–Trinajstić information content (AvgIpc) is 2.91. The maximum atomic E-state index is 12.1. The van der Waals surface area contributed by atoms with E-state index in [1.807, 2.05) is 25.6 Å². The van der Waals surface area contributed by atoms with Crippen LogP contribution < -0.4 is 5.32 Å². The number of nitrogens with zero attached hydrogens (tertiary/aromatic N) is 2. The lowest BCUT2D eigenvalue weighted by Crippen LogP contribution is -2.36. The highest BCUT2D eigenvalue weighted by Gasteiger charge is 2.34. The number of amides is 1. The summed E-state index contributed by atoms with van der Waals surface area (Å²) in [6.45, 7) is 4.73. The van der Waals surface area contributed by atoms with Crippen molar-refractivity contribution in [1.29, 1.82) is 0 Å². The molecule has 0 unspecified atom stereocenters. The van der Waals surface area contributed by atoms with E-state index < -0.39 is 0 Å². The predicted octanol–water partition coefficient (Wildman–Crippen LogP) is 2.09. The molecule has 114 valence electrons. The molecule has 0 radical (unpaired) electrons. The topological polar surface area (TPSA) is 56.1 Å². The van der Waals surface area contributed by atoms with Gasteiger partial charge in [0.2, 0.25) is 5.91 Å². The molecule has 3 rings (SSSR count). The molecule has 1 saturated carbocycles. The van der Waals surface area contributed by atoms with Gasteiger partial charge in [0.15, 0.2) is 0 Å². The molecule has 5 heteroatoms. The van der Waals surface area contributed by atoms with Crippen molar-refractivity contribution in [2.75, 3.05) is 6.61 Å². The molecule has 2 aliphatic rings. The van der Waals surface area contributed by atoms with Crippen molar-refractivity contribution in [3.8, 4) is 0 Å². The van der Waals surface area contributed by atoms with E-state index in [-0.39, 0.29) is 18.1 Å². The summed E-state index contributed by atoms with van der Waals surface area (Å²) < 4.78 is 7.76. The zero-order chi connectivity index (χ0) is 15.0. The van der Waals surface area contributed by atoms with Crippen LogP contribution in [0.5, 0.6) is 0 Å². The van der Waals surface area contributed by atoms with E-state index in [4.69, 9.17) is 4.74 Å². The number of rotatable bonds is 3. The molecule has 21 heavy (non-hydrogen) atoms. The number of allylic oxidation sites excluding steroid dienone is 1. The van der Waals surface area contributed by atoms with E-state index in [0.29, 0.717) is 6.61 Å². The Kier molecular flexibility index (Phi) is 3.85. The molecular formula is C16H23N3O2. The van der Waals surface area contributed by atoms with Crippen LogP contribution in [0.25, 0.3) is 0 Å². The van der Waals surface area contributed by atoms with Crippen LogP contribution in [0.2, 0.25) is 0 Å². The standard InChI is InChI=1S/C16H23N3O2/c1-10-15(11(2)19(3)18-10)16-13(7-8-21-16)17-14(20)9-12-5-4-6-12/h9,13,16H,4-8H2,1-3H3,(H,17,20)/t13-,16-/m0/s1. The van der Waals surface area contributed by atoms with Crippen molar-refractivity contribution in [2.24, 2.45) is 7.05 Å². The Bertz CT molecular complexity index is 583. The summed E-state index contributed by atoms with van der Waals surface area (Å²) in [4.78, 5) is 12.1. The number of carbonyl (C=O) groups is 1. The molecular weight excluding hydrogens is 266 g/mol. The molecule has 1 amide bonds. The van der Waals surface area contributed by atoms with Gasteiger partial charge >= 0.3 is 0 Å². The second-order valence-electron chi connectivity index (χ2n) is 6.06. The summed E-state index contributed by atoms with van der Waals surface area (Å²) >= 11 is 0. The average molecular weight is 289 g/mol. The van der Waals surface area contributed by atoms with E-state index in [1.54, 1.807) is 6.08 Å². The predicted molar refractivity (Wildman–Crippen MR) is 79.9 cm³/mol. The van der Waals surface area contributed by atoms with Crippen LogP contribution in [-0.4, -0.2) is 28.3 Å². The van der Waals surface area contributed by atoms with E-state index in [2.05, 4.69) is 10.4 Å². The van der Waals surface area contributed by atoms with Gasteiger partial charge in [-0.3, -0.25) is 9.48 Å². The first kappa shape index (κ1) is 14.3. The zero-order valence-corrected chi connectivity index (χ0v) is 13.0. The minimum absolute atomic E-state index is 0.0180. The smallest absolute Gasteiger partial charge is 0.244 e. The second kappa shape index (κ2) is 5.64. The Morgan fingerprint density at radius 3 is 2.76 bits per heavy atom. The normalized spacial score (nSPS) is 24.8. The van der Waals surface area contributed by atoms with Crippen molar-refractivity contribution >= 4 is 5.91 Å². The number of aryl methyl sites for hydroxylation is 2. The maximum absolute atomic E-state index is 12.1. The molecule has 1 aliphatic carbocycles. The van der Waals surface area contributed by atoms with Crippen LogP contribution in [0.4, 0.5) is 0 Å². The summed E-state index contributed by atoms with van der Waals surface area (Å²) in [5, 5.41) is 7.56. The molecule has 1 aromatic rings. The van der Waals surface area contributed by atoms with Crippen molar-refractivity contribution in [3.63, 3.8) is 0 Å². The fourth-order valence-corrected chi connectivity index (χ4v) is 3.16. The van der Waals surface area contributed by atoms with Gasteiger partial charge in [0, 0.05) is 31.0 Å². The molecule has 1 aliphatic heterocycles. The first-order valence-electron chi connectivity index (χ1n) is 7.68. The van der Waals surface area contributed by atoms with E-state index in [1.165, 1.54) is 12.0 Å². The van der Waals surface area contributed by atoms with Crippen LogP contribution >= 0.6 is 0 Å². The zero-order valence-electron chi connectivity index (χ0n) is 13.0. The molecule has 5 nitrogen and oxygen atoms in total. The third-order valence-corrected chi connectivity index (χ3v) is 4.60. The van der Waals surface area contributed by atoms with Gasteiger partial charge in [-0.1, -0.05) is 5.57 Å². The fraction of sp³-hybridized carbons (Fsp3) is 0.625. The van der Waals surface area contributed by atoms with Gasteiger partial charge in [-0.05, 0) is 39.5 Å². The van der Waals surface area contributed by atoms with Crippen molar-refractivity contribution < 1.29 is 9.53 Å². The molecule has 1 saturated heterocycles. The van der Waals surface area contributed by atoms with Gasteiger partial charge in [-0.25, -0.2) is 0 Å². The van der Waals surface area contributed by atoms with E-state index >= 15 is 0 Å². The van der Waals surface area contributed by atoms with Crippen molar-refractivity contribution in [2.45, 2.75) is 51.7 Å². The minimum Gasteiger partial charge on any atom is -0.371 e. The van der Waals surface area contributed by atoms with Crippen LogP contribution in [0.1, 0.15) is 48.7 Å². The van der Waals surface area contributed by atoms with E-state index in [0.717, 1.165) is 36.2 Å². The number of carbonyl (C=O) groups excluding carboxylic acids is 1. The van der Waals surface area contributed by atoms with E-state index in [9.17, 15) is 4.79 Å². The van der Waals surface area contributed by atoms with Crippen LogP contribution in [0, 0.1) is 13.8 Å². The summed E-state index contributed by atoms with van der Waals surface area (Å²) in [5.41, 5.74) is 4.47. The quantitative estimate of drug-likeness (QED) is 0.867.